The average molecular weight is 308 g/mol. The molecule has 1 unspecified atom stereocenters. The van der Waals surface area contributed by atoms with Gasteiger partial charge >= 0.3 is 0 Å². The van der Waals surface area contributed by atoms with Crippen LogP contribution in [-0.4, -0.2) is 17.6 Å². The van der Waals surface area contributed by atoms with E-state index in [0.717, 1.165) is 11.6 Å². The third kappa shape index (κ3) is 3.40. The van der Waals surface area contributed by atoms with Gasteiger partial charge in [0.2, 0.25) is 0 Å². The van der Waals surface area contributed by atoms with Crippen molar-refractivity contribution >= 4 is 17.5 Å². The Morgan fingerprint density at radius 3 is 2.52 bits per heavy atom. The molecule has 2 aromatic carbocycles. The zero-order chi connectivity index (χ0) is 15.5. The lowest BCUT2D eigenvalue weighted by Gasteiger charge is -2.29. The van der Waals surface area contributed by atoms with Crippen LogP contribution in [0.5, 0.6) is 0 Å². The molecule has 0 bridgehead atoms. The van der Waals surface area contributed by atoms with E-state index in [-0.39, 0.29) is 17.2 Å². The van der Waals surface area contributed by atoms with Crippen LogP contribution in [0.25, 0.3) is 0 Å². The quantitative estimate of drug-likeness (QED) is 0.912. The van der Waals surface area contributed by atoms with Gasteiger partial charge in [-0.1, -0.05) is 41.9 Å². The minimum Gasteiger partial charge on any atom is -0.394 e. The van der Waals surface area contributed by atoms with Crippen LogP contribution in [0, 0.1) is 5.82 Å². The van der Waals surface area contributed by atoms with E-state index in [4.69, 9.17) is 11.6 Å². The summed E-state index contributed by atoms with van der Waals surface area (Å²) >= 11 is 5.68. The summed E-state index contributed by atoms with van der Waals surface area (Å²) in [5, 5.41) is 12.3. The Morgan fingerprint density at radius 1 is 1.29 bits per heavy atom. The molecule has 0 aromatic heterocycles. The summed E-state index contributed by atoms with van der Waals surface area (Å²) in [6, 6.07) is 12.9. The van der Waals surface area contributed by atoms with Gasteiger partial charge in [-0.2, -0.15) is 0 Å². The number of hydrogen-bond acceptors (Lipinski definition) is 2. The van der Waals surface area contributed by atoms with E-state index in [1.807, 2.05) is 30.3 Å². The van der Waals surface area contributed by atoms with E-state index in [1.165, 1.54) is 12.1 Å². The first-order valence-corrected chi connectivity index (χ1v) is 6.78. The van der Waals surface area contributed by atoms with Crippen molar-refractivity contribution in [1.29, 1.82) is 0 Å². The second kappa shape index (κ2) is 6.24. The van der Waals surface area contributed by atoms with Crippen LogP contribution in [-0.2, 0) is 5.54 Å². The number of amides is 1. The van der Waals surface area contributed by atoms with E-state index in [9.17, 15) is 14.3 Å². The van der Waals surface area contributed by atoms with Crippen LogP contribution in [0.1, 0.15) is 22.8 Å². The summed E-state index contributed by atoms with van der Waals surface area (Å²) in [6.07, 6.45) is 0. The molecule has 0 radical (unpaired) electrons. The predicted octanol–water partition coefficient (Wildman–Crippen LogP) is 3.12. The van der Waals surface area contributed by atoms with Crippen molar-refractivity contribution in [2.75, 3.05) is 6.61 Å². The molecule has 0 aliphatic heterocycles. The van der Waals surface area contributed by atoms with Crippen molar-refractivity contribution in [3.8, 4) is 0 Å². The molecule has 5 heteroatoms. The highest BCUT2D eigenvalue weighted by molar-refractivity contribution is 6.31. The van der Waals surface area contributed by atoms with E-state index in [0.29, 0.717) is 0 Å². The highest BCUT2D eigenvalue weighted by Gasteiger charge is 2.28. The number of halogens is 2. The monoisotopic (exact) mass is 307 g/mol. The number of nitrogens with one attached hydrogen (secondary N) is 1. The van der Waals surface area contributed by atoms with Gasteiger partial charge < -0.3 is 10.4 Å². The van der Waals surface area contributed by atoms with Crippen molar-refractivity contribution < 1.29 is 14.3 Å². The van der Waals surface area contributed by atoms with Crippen LogP contribution in [0.2, 0.25) is 5.02 Å². The fraction of sp³-hybridized carbons (Fsp3) is 0.188. The van der Waals surface area contributed by atoms with Crippen molar-refractivity contribution in [3.63, 3.8) is 0 Å². The first-order chi connectivity index (χ1) is 9.96. The molecule has 2 N–H and O–H groups in total. The van der Waals surface area contributed by atoms with Gasteiger partial charge in [0, 0.05) is 5.56 Å². The summed E-state index contributed by atoms with van der Waals surface area (Å²) in [6.45, 7) is 1.45. The molecule has 2 aromatic rings. The van der Waals surface area contributed by atoms with Gasteiger partial charge in [-0.05, 0) is 30.7 Å². The van der Waals surface area contributed by atoms with Gasteiger partial charge in [0.1, 0.15) is 5.82 Å². The third-order valence-electron chi connectivity index (χ3n) is 3.30. The molecule has 0 saturated heterocycles. The van der Waals surface area contributed by atoms with E-state index < -0.39 is 17.3 Å². The zero-order valence-electron chi connectivity index (χ0n) is 11.4. The van der Waals surface area contributed by atoms with Gasteiger partial charge in [0.15, 0.2) is 0 Å². The standard InChI is InChI=1S/C16H15ClFNO2/c1-16(10-20,12-5-3-2-4-6-12)19-15(21)11-7-8-14(18)13(17)9-11/h2-9,20H,10H2,1H3,(H,19,21). The minimum atomic E-state index is -0.931. The second-order valence-corrected chi connectivity index (χ2v) is 5.35. The van der Waals surface area contributed by atoms with Crippen LogP contribution in [0.15, 0.2) is 48.5 Å². The molecular weight excluding hydrogens is 293 g/mol. The average Bonchev–Trinajstić information content (AvgIpc) is 2.50. The fourth-order valence-corrected chi connectivity index (χ4v) is 2.15. The molecule has 0 aliphatic carbocycles. The number of hydrogen-bond donors (Lipinski definition) is 2. The Kier molecular flexibility index (Phi) is 4.60. The maximum atomic E-state index is 13.1. The highest BCUT2D eigenvalue weighted by Crippen LogP contribution is 2.22. The van der Waals surface area contributed by atoms with E-state index in [2.05, 4.69) is 5.32 Å². The number of aliphatic hydroxyl groups is 1. The van der Waals surface area contributed by atoms with Crippen molar-refractivity contribution in [3.05, 3.63) is 70.5 Å². The lowest BCUT2D eigenvalue weighted by Crippen LogP contribution is -2.46. The normalized spacial score (nSPS) is 13.5. The Morgan fingerprint density at radius 2 is 1.95 bits per heavy atom. The smallest absolute Gasteiger partial charge is 0.252 e. The molecule has 1 amide bonds. The summed E-state index contributed by atoms with van der Waals surface area (Å²) in [4.78, 5) is 12.3. The van der Waals surface area contributed by atoms with Gasteiger partial charge in [-0.25, -0.2) is 4.39 Å². The Balaban J connectivity index is 2.26. The topological polar surface area (TPSA) is 49.3 Å². The molecule has 1 atom stereocenters. The predicted molar refractivity (Wildman–Crippen MR) is 79.8 cm³/mol. The van der Waals surface area contributed by atoms with Crippen LogP contribution < -0.4 is 5.32 Å². The molecule has 0 saturated carbocycles. The first-order valence-electron chi connectivity index (χ1n) is 6.40. The fourth-order valence-electron chi connectivity index (χ4n) is 1.97. The highest BCUT2D eigenvalue weighted by atomic mass is 35.5. The number of carbonyl (C=O) groups excluding carboxylic acids is 1. The Hall–Kier alpha value is -1.91. The first kappa shape index (κ1) is 15.5. The zero-order valence-corrected chi connectivity index (χ0v) is 12.2. The van der Waals surface area contributed by atoms with Gasteiger partial charge in [-0.3, -0.25) is 4.79 Å². The molecular formula is C16H15ClFNO2. The van der Waals surface area contributed by atoms with Crippen molar-refractivity contribution in [2.24, 2.45) is 0 Å². The van der Waals surface area contributed by atoms with Gasteiger partial charge in [0.05, 0.1) is 17.2 Å². The van der Waals surface area contributed by atoms with Gasteiger partial charge in [-0.15, -0.1) is 0 Å². The van der Waals surface area contributed by atoms with Gasteiger partial charge in [0.25, 0.3) is 5.91 Å². The maximum Gasteiger partial charge on any atom is 0.252 e. The molecule has 3 nitrogen and oxygen atoms in total. The SMILES string of the molecule is CC(CO)(NC(=O)c1ccc(F)c(Cl)c1)c1ccccc1. The molecule has 0 aliphatic rings. The van der Waals surface area contributed by atoms with Crippen LogP contribution >= 0.6 is 11.6 Å². The number of aliphatic hydroxyl groups excluding tert-OH is 1. The molecule has 21 heavy (non-hydrogen) atoms. The molecule has 2 rings (SSSR count). The Bertz CT molecular complexity index is 648. The summed E-state index contributed by atoms with van der Waals surface area (Å²) in [7, 11) is 0. The van der Waals surface area contributed by atoms with E-state index >= 15 is 0 Å². The number of rotatable bonds is 4. The number of carbonyl (C=O) groups is 1. The molecule has 0 spiro atoms. The van der Waals surface area contributed by atoms with Crippen molar-refractivity contribution in [1.82, 2.24) is 5.32 Å². The summed E-state index contributed by atoms with van der Waals surface area (Å²) in [5.41, 5.74) is 0.0743. The molecule has 0 fully saturated rings. The lowest BCUT2D eigenvalue weighted by atomic mass is 9.92. The van der Waals surface area contributed by atoms with E-state index in [1.54, 1.807) is 6.92 Å². The molecule has 110 valence electrons. The molecule has 0 heterocycles. The van der Waals surface area contributed by atoms with Crippen molar-refractivity contribution in [2.45, 2.75) is 12.5 Å². The summed E-state index contributed by atoms with van der Waals surface area (Å²) < 4.78 is 13.1. The Labute approximate surface area is 127 Å². The maximum absolute atomic E-state index is 13.1. The van der Waals surface area contributed by atoms with Crippen LogP contribution in [0.3, 0.4) is 0 Å². The summed E-state index contributed by atoms with van der Waals surface area (Å²) in [5.74, 6) is -1.02. The number of benzene rings is 2. The largest absolute Gasteiger partial charge is 0.394 e. The second-order valence-electron chi connectivity index (χ2n) is 4.94. The van der Waals surface area contributed by atoms with Crippen LogP contribution in [0.4, 0.5) is 4.39 Å². The third-order valence-corrected chi connectivity index (χ3v) is 3.59. The minimum absolute atomic E-state index is 0.118. The lowest BCUT2D eigenvalue weighted by molar-refractivity contribution is 0.0849.